The quantitative estimate of drug-likeness (QED) is 0.0173. The van der Waals surface area contributed by atoms with E-state index in [2.05, 4.69) is 20.8 Å². The highest BCUT2D eigenvalue weighted by molar-refractivity contribution is 7.89. The summed E-state index contributed by atoms with van der Waals surface area (Å²) in [5, 5.41) is -0.779. The summed E-state index contributed by atoms with van der Waals surface area (Å²) in [7, 11) is -10.3. The highest BCUT2D eigenvalue weighted by atomic mass is 32.1. The molecule has 1 rings (SSSR count). The first-order chi connectivity index (χ1) is 34.4. The molecule has 1 saturated carbocycles. The van der Waals surface area contributed by atoms with E-state index in [0.29, 0.717) is 72.3 Å². The number of unbranched alkanes of at least 4 members (excludes halogenated alkanes) is 8. The van der Waals surface area contributed by atoms with Gasteiger partial charge in [0, 0.05) is 118 Å². The highest BCUT2D eigenvalue weighted by Crippen LogP contribution is 2.58. The molecule has 0 heterocycles. The third-order valence-corrected chi connectivity index (χ3v) is 32.1. The minimum Gasteiger partial charge on any atom is -0.374 e. The maximum Gasteiger partial charge on any atom is 0.504 e. The van der Waals surface area contributed by atoms with Crippen molar-refractivity contribution in [2.75, 3.05) is 59.5 Å². The zero-order valence-corrected chi connectivity index (χ0v) is 57.4. The van der Waals surface area contributed by atoms with Gasteiger partial charge in [0.1, 0.15) is 0 Å². The smallest absolute Gasteiger partial charge is 0.374 e. The van der Waals surface area contributed by atoms with Gasteiger partial charge < -0.3 is 39.8 Å². The second-order valence-corrected chi connectivity index (χ2v) is 33.4. The summed E-state index contributed by atoms with van der Waals surface area (Å²) >= 11 is 42.6. The van der Waals surface area contributed by atoms with Gasteiger partial charge in [-0.15, -0.1) is 0 Å². The van der Waals surface area contributed by atoms with Gasteiger partial charge in [-0.3, -0.25) is 0 Å². The zero-order chi connectivity index (χ0) is 54.3. The fourth-order valence-corrected chi connectivity index (χ4v) is 25.4. The molecule has 1 aliphatic carbocycles. The van der Waals surface area contributed by atoms with Crippen molar-refractivity contribution in [3.8, 4) is 0 Å². The summed E-state index contributed by atoms with van der Waals surface area (Å²) in [6, 6.07) is 0. The summed E-state index contributed by atoms with van der Waals surface area (Å²) < 4.78 is 62.4. The molecule has 14 unspecified atom stereocenters. The summed E-state index contributed by atoms with van der Waals surface area (Å²) in [6.07, 6.45) is 17.9. The monoisotopic (exact) mass is 1220 g/mol. The topological polar surface area (TPSA) is 83.1 Å². The van der Waals surface area contributed by atoms with E-state index in [4.69, 9.17) is 141 Å². The van der Waals surface area contributed by atoms with Crippen LogP contribution >= 0.6 is 101 Å². The van der Waals surface area contributed by atoms with Crippen LogP contribution < -0.4 is 0 Å². The Morgan fingerprint density at radius 2 is 0.653 bits per heavy atom. The van der Waals surface area contributed by atoms with E-state index in [0.717, 1.165) is 44.9 Å². The Hall–Kier alpha value is 3.09. The predicted molar refractivity (Wildman–Crippen MR) is 341 cm³/mol. The van der Waals surface area contributed by atoms with Gasteiger partial charge in [0.25, 0.3) is 0 Å². The molecule has 14 atom stereocenters. The van der Waals surface area contributed by atoms with E-state index in [-0.39, 0.29) is 76.4 Å². The highest BCUT2D eigenvalue weighted by Gasteiger charge is 2.63. The van der Waals surface area contributed by atoms with Crippen LogP contribution in [-0.4, -0.2) is 128 Å². The van der Waals surface area contributed by atoms with Gasteiger partial charge >= 0.3 is 26.4 Å². The second kappa shape index (κ2) is 41.1. The minimum atomic E-state index is -3.56. The van der Waals surface area contributed by atoms with Crippen LogP contribution in [-0.2, 0) is 39.8 Å². The minimum absolute atomic E-state index is 0.00197. The van der Waals surface area contributed by atoms with Crippen molar-refractivity contribution in [3.05, 3.63) is 0 Å². The van der Waals surface area contributed by atoms with E-state index in [1.54, 1.807) is 0 Å². The Morgan fingerprint density at radius 1 is 0.361 bits per heavy atom. The normalized spacial score (nSPS) is 21.9. The van der Waals surface area contributed by atoms with Gasteiger partial charge in [-0.2, -0.15) is 101 Å². The molecule has 0 aromatic rings. The number of thiol groups is 8. The second-order valence-electron chi connectivity index (χ2n) is 19.7. The summed E-state index contributed by atoms with van der Waals surface area (Å²) in [5.74, 6) is 0.147. The Kier molecular flexibility index (Phi) is 41.8. The lowest BCUT2D eigenvalue weighted by atomic mass is 9.68. The molecule has 1 aliphatic rings. The first kappa shape index (κ1) is 73.1. The van der Waals surface area contributed by atoms with Crippen molar-refractivity contribution in [1.82, 2.24) is 0 Å². The van der Waals surface area contributed by atoms with Crippen LogP contribution in [0.3, 0.4) is 0 Å². The van der Waals surface area contributed by atoms with Gasteiger partial charge in [-0.25, -0.2) is 0 Å². The number of hydrogen-bond acceptors (Lipinski definition) is 17. The lowest BCUT2D eigenvalue weighted by Gasteiger charge is -2.52. The van der Waals surface area contributed by atoms with E-state index < -0.39 is 26.4 Å². The molecule has 9 nitrogen and oxygen atoms in total. The largest absolute Gasteiger partial charge is 0.504 e. The maximum absolute atomic E-state index is 7.07. The van der Waals surface area contributed by atoms with Gasteiger partial charge in [-0.1, -0.05) is 85.0 Å². The van der Waals surface area contributed by atoms with Crippen LogP contribution in [0, 0.1) is 17.8 Å². The van der Waals surface area contributed by atoms with Crippen LogP contribution in [0.2, 0.25) is 16.6 Å². The average molecular weight is 1220 g/mol. The third-order valence-electron chi connectivity index (χ3n) is 14.8. The third kappa shape index (κ3) is 23.2. The maximum atomic E-state index is 7.07. The van der Waals surface area contributed by atoms with Gasteiger partial charge in [0.05, 0.1) is 0 Å². The van der Waals surface area contributed by atoms with E-state index in [1.165, 1.54) is 51.4 Å². The molecule has 0 aromatic heterocycles. The molecule has 72 heavy (non-hydrogen) atoms. The Labute approximate surface area is 491 Å². The van der Waals surface area contributed by atoms with Crippen LogP contribution in [0.4, 0.5) is 0 Å². The molecule has 0 saturated heterocycles. The fourth-order valence-electron chi connectivity index (χ4n) is 11.3. The fraction of sp³-hybridized carbons (Fsp3) is 1.00. The number of hydrogen-bond donors (Lipinski definition) is 8. The molecule has 0 N–H and O–H groups in total. The lowest BCUT2D eigenvalue weighted by Crippen LogP contribution is -2.59. The van der Waals surface area contributed by atoms with Crippen LogP contribution in [0.5, 0.6) is 0 Å². The standard InChI is InChI=1S/C52H110O9S8Si3/c1-13-24-26-28-30-32-43(62)49(66)51(68)45(64)37-47(71(56-18-6,57-19-7)58-20-8)41-35-34-40(39(12)70(53-15-3,54-16-4)55-17-5)36-42(41)48(72(59-21-9,60-22-10)61-23-11)38-46(65)52(69)50(67)44(63)33-31-29-27-25-14-2/h39-52,62-69H,13-38H2,1-12H3. The van der Waals surface area contributed by atoms with Crippen LogP contribution in [0.15, 0.2) is 0 Å². The first-order valence-electron chi connectivity index (χ1n) is 28.6. The zero-order valence-electron chi connectivity index (χ0n) is 47.2. The van der Waals surface area contributed by atoms with E-state index >= 15 is 0 Å². The lowest BCUT2D eigenvalue weighted by molar-refractivity contribution is 0.0105. The molecule has 0 aliphatic heterocycles. The van der Waals surface area contributed by atoms with Crippen molar-refractivity contribution >= 4 is 127 Å². The van der Waals surface area contributed by atoms with Crippen molar-refractivity contribution in [3.63, 3.8) is 0 Å². The van der Waals surface area contributed by atoms with Crippen molar-refractivity contribution in [2.24, 2.45) is 17.8 Å². The molecule has 0 bridgehead atoms. The number of rotatable bonds is 46. The SMILES string of the molecule is CCCCCCCC(S)C(S)C(S)C(S)CC(C1CCC(C(C)[Si](OCC)(OCC)OCC)CC1C(CC(S)C(S)C(S)C(S)CCCCCCC)[Si](OCC)(OCC)OCC)[Si](OCC)(OCC)OCC. The Bertz CT molecular complexity index is 1280. The summed E-state index contributed by atoms with van der Waals surface area (Å²) in [5.41, 5.74) is -0.379. The molecular weight excluding hydrogens is 1110 g/mol. The van der Waals surface area contributed by atoms with Crippen LogP contribution in [0.1, 0.15) is 192 Å². The summed E-state index contributed by atoms with van der Waals surface area (Å²) in [6.45, 7) is 29.4. The van der Waals surface area contributed by atoms with Crippen molar-refractivity contribution < 1.29 is 39.8 Å². The molecular formula is C52H110O9S8Si3. The van der Waals surface area contributed by atoms with Crippen LogP contribution in [0.25, 0.3) is 0 Å². The molecule has 1 fully saturated rings. The predicted octanol–water partition coefficient (Wildman–Crippen LogP) is 15.2. The molecule has 0 spiro atoms. The first-order valence-corrected chi connectivity index (χ1v) is 38.2. The molecule has 0 amide bonds. The average Bonchev–Trinajstić information content (AvgIpc) is 3.36. The van der Waals surface area contributed by atoms with E-state index in [1.807, 2.05) is 62.3 Å². The Balaban J connectivity index is 4.36. The van der Waals surface area contributed by atoms with Gasteiger partial charge in [-0.05, 0) is 125 Å². The van der Waals surface area contributed by atoms with Crippen molar-refractivity contribution in [1.29, 1.82) is 0 Å². The Morgan fingerprint density at radius 3 is 0.972 bits per heavy atom. The summed E-state index contributed by atoms with van der Waals surface area (Å²) in [4.78, 5) is 0. The molecule has 20 heteroatoms. The molecule has 432 valence electrons. The van der Waals surface area contributed by atoms with Crippen molar-refractivity contribution in [2.45, 2.75) is 251 Å². The van der Waals surface area contributed by atoms with Gasteiger partial charge in [0.2, 0.25) is 0 Å². The molecule has 0 radical (unpaired) electrons. The van der Waals surface area contributed by atoms with E-state index in [9.17, 15) is 0 Å². The van der Waals surface area contributed by atoms with Gasteiger partial charge in [0.15, 0.2) is 0 Å². The molecule has 0 aromatic carbocycles.